The summed E-state index contributed by atoms with van der Waals surface area (Å²) >= 11 is 0. The Labute approximate surface area is 137 Å². The lowest BCUT2D eigenvalue weighted by atomic mass is 9.98. The van der Waals surface area contributed by atoms with Gasteiger partial charge in [0.25, 0.3) is 5.91 Å². The molecule has 2 amide bonds. The van der Waals surface area contributed by atoms with Crippen LogP contribution >= 0.6 is 12.4 Å². The van der Waals surface area contributed by atoms with Crippen LogP contribution in [0.4, 0.5) is 5.69 Å². The minimum Gasteiger partial charge on any atom is -0.352 e. The molecule has 1 aliphatic rings. The Morgan fingerprint density at radius 3 is 2.73 bits per heavy atom. The second-order valence-electron chi connectivity index (χ2n) is 5.42. The first-order valence-electron chi connectivity index (χ1n) is 7.52. The van der Waals surface area contributed by atoms with Crippen molar-refractivity contribution < 1.29 is 9.59 Å². The Hall–Kier alpha value is -1.59. The summed E-state index contributed by atoms with van der Waals surface area (Å²) in [4.78, 5) is 24.0. The normalized spacial score (nSPS) is 17.3. The van der Waals surface area contributed by atoms with Gasteiger partial charge in [0.1, 0.15) is 0 Å². The van der Waals surface area contributed by atoms with Crippen molar-refractivity contribution in [2.24, 2.45) is 5.92 Å². The number of hydrogen-bond donors (Lipinski definition) is 3. The van der Waals surface area contributed by atoms with E-state index in [1.54, 1.807) is 18.2 Å². The topological polar surface area (TPSA) is 70.2 Å². The first-order chi connectivity index (χ1) is 10.1. The molecule has 1 aromatic carbocycles. The zero-order chi connectivity index (χ0) is 15.2. The SMILES string of the molecule is CCNC(=O)c1ccc(NC(=O)C2CCCNC2)c(C)c1.Cl. The molecule has 2 rings (SSSR count). The molecule has 0 spiro atoms. The molecule has 1 unspecified atom stereocenters. The second kappa shape index (κ2) is 8.76. The first-order valence-corrected chi connectivity index (χ1v) is 7.52. The van der Waals surface area contributed by atoms with Crippen molar-refractivity contribution in [3.8, 4) is 0 Å². The van der Waals surface area contributed by atoms with Gasteiger partial charge in [-0.2, -0.15) is 0 Å². The Morgan fingerprint density at radius 2 is 2.14 bits per heavy atom. The lowest BCUT2D eigenvalue weighted by Crippen LogP contribution is -2.37. The number of amides is 2. The number of piperidine rings is 1. The van der Waals surface area contributed by atoms with Crippen LogP contribution in [0.5, 0.6) is 0 Å². The van der Waals surface area contributed by atoms with E-state index in [0.29, 0.717) is 12.1 Å². The largest absolute Gasteiger partial charge is 0.352 e. The molecule has 0 radical (unpaired) electrons. The average molecular weight is 326 g/mol. The molecule has 1 fully saturated rings. The molecule has 122 valence electrons. The highest BCUT2D eigenvalue weighted by Crippen LogP contribution is 2.19. The average Bonchev–Trinajstić information content (AvgIpc) is 2.50. The number of aryl methyl sites for hydroxylation is 1. The molecule has 0 aromatic heterocycles. The van der Waals surface area contributed by atoms with E-state index in [1.165, 1.54) is 0 Å². The van der Waals surface area contributed by atoms with Crippen molar-refractivity contribution in [1.29, 1.82) is 0 Å². The van der Waals surface area contributed by atoms with E-state index in [9.17, 15) is 9.59 Å². The lowest BCUT2D eigenvalue weighted by molar-refractivity contribution is -0.120. The highest BCUT2D eigenvalue weighted by atomic mass is 35.5. The van der Waals surface area contributed by atoms with Crippen molar-refractivity contribution in [2.75, 3.05) is 25.0 Å². The van der Waals surface area contributed by atoms with Gasteiger partial charge < -0.3 is 16.0 Å². The van der Waals surface area contributed by atoms with E-state index < -0.39 is 0 Å². The highest BCUT2D eigenvalue weighted by molar-refractivity contribution is 5.97. The van der Waals surface area contributed by atoms with Crippen LogP contribution in [0, 0.1) is 12.8 Å². The van der Waals surface area contributed by atoms with Gasteiger partial charge >= 0.3 is 0 Å². The van der Waals surface area contributed by atoms with Gasteiger partial charge in [-0.3, -0.25) is 9.59 Å². The summed E-state index contributed by atoms with van der Waals surface area (Å²) in [6, 6.07) is 5.35. The first kappa shape index (κ1) is 18.5. The molecule has 6 heteroatoms. The lowest BCUT2D eigenvalue weighted by Gasteiger charge is -2.22. The fourth-order valence-electron chi connectivity index (χ4n) is 2.52. The fourth-order valence-corrected chi connectivity index (χ4v) is 2.52. The zero-order valence-electron chi connectivity index (χ0n) is 13.1. The van der Waals surface area contributed by atoms with Crippen LogP contribution in [0.3, 0.4) is 0 Å². The van der Waals surface area contributed by atoms with E-state index in [2.05, 4.69) is 16.0 Å². The smallest absolute Gasteiger partial charge is 0.251 e. The third-order valence-electron chi connectivity index (χ3n) is 3.75. The van der Waals surface area contributed by atoms with Crippen LogP contribution in [-0.2, 0) is 4.79 Å². The van der Waals surface area contributed by atoms with Crippen LogP contribution in [0.1, 0.15) is 35.7 Å². The van der Waals surface area contributed by atoms with Gasteiger partial charge in [0.15, 0.2) is 0 Å². The zero-order valence-corrected chi connectivity index (χ0v) is 13.9. The van der Waals surface area contributed by atoms with Crippen LogP contribution in [-0.4, -0.2) is 31.4 Å². The summed E-state index contributed by atoms with van der Waals surface area (Å²) in [5, 5.41) is 8.97. The van der Waals surface area contributed by atoms with E-state index in [0.717, 1.165) is 37.2 Å². The van der Waals surface area contributed by atoms with Crippen LogP contribution in [0.25, 0.3) is 0 Å². The fraction of sp³-hybridized carbons (Fsp3) is 0.500. The number of anilines is 1. The molecule has 0 bridgehead atoms. The number of carbonyl (C=O) groups is 2. The van der Waals surface area contributed by atoms with Crippen molar-refractivity contribution >= 4 is 29.9 Å². The Kier molecular flexibility index (Phi) is 7.35. The third-order valence-corrected chi connectivity index (χ3v) is 3.75. The van der Waals surface area contributed by atoms with Crippen LogP contribution < -0.4 is 16.0 Å². The summed E-state index contributed by atoms with van der Waals surface area (Å²) in [7, 11) is 0. The Morgan fingerprint density at radius 1 is 1.36 bits per heavy atom. The molecular weight excluding hydrogens is 302 g/mol. The maximum Gasteiger partial charge on any atom is 0.251 e. The van der Waals surface area contributed by atoms with Gasteiger partial charge in [0.2, 0.25) is 5.91 Å². The third kappa shape index (κ3) is 4.71. The van der Waals surface area contributed by atoms with Crippen LogP contribution in [0.2, 0.25) is 0 Å². The van der Waals surface area contributed by atoms with Gasteiger partial charge in [-0.1, -0.05) is 0 Å². The number of rotatable bonds is 4. The number of hydrogen-bond acceptors (Lipinski definition) is 3. The summed E-state index contributed by atoms with van der Waals surface area (Å²) in [6.45, 7) is 6.12. The summed E-state index contributed by atoms with van der Waals surface area (Å²) in [5.41, 5.74) is 2.29. The molecular formula is C16H24ClN3O2. The van der Waals surface area contributed by atoms with E-state index in [4.69, 9.17) is 0 Å². The molecule has 1 aromatic rings. The predicted octanol–water partition coefficient (Wildman–Crippen LogP) is 2.10. The van der Waals surface area contributed by atoms with E-state index in [-0.39, 0.29) is 30.1 Å². The Bertz CT molecular complexity index is 528. The Balaban J connectivity index is 0.00000242. The second-order valence-corrected chi connectivity index (χ2v) is 5.42. The molecule has 1 heterocycles. The van der Waals surface area contributed by atoms with E-state index >= 15 is 0 Å². The molecule has 1 aliphatic heterocycles. The maximum atomic E-state index is 12.2. The molecule has 22 heavy (non-hydrogen) atoms. The van der Waals surface area contributed by atoms with Crippen molar-refractivity contribution in [3.63, 3.8) is 0 Å². The number of nitrogens with one attached hydrogen (secondary N) is 3. The van der Waals surface area contributed by atoms with Crippen molar-refractivity contribution in [2.45, 2.75) is 26.7 Å². The van der Waals surface area contributed by atoms with Gasteiger partial charge in [0.05, 0.1) is 5.92 Å². The van der Waals surface area contributed by atoms with Crippen LogP contribution in [0.15, 0.2) is 18.2 Å². The molecule has 1 atom stereocenters. The van der Waals surface area contributed by atoms with E-state index in [1.807, 2.05) is 13.8 Å². The monoisotopic (exact) mass is 325 g/mol. The molecule has 5 nitrogen and oxygen atoms in total. The minimum atomic E-state index is -0.0880. The quantitative estimate of drug-likeness (QED) is 0.794. The van der Waals surface area contributed by atoms with Gasteiger partial charge in [-0.25, -0.2) is 0 Å². The van der Waals surface area contributed by atoms with Crippen molar-refractivity contribution in [1.82, 2.24) is 10.6 Å². The summed E-state index contributed by atoms with van der Waals surface area (Å²) in [5.74, 6) is -0.00719. The molecule has 3 N–H and O–H groups in total. The van der Waals surface area contributed by atoms with Crippen molar-refractivity contribution in [3.05, 3.63) is 29.3 Å². The summed E-state index contributed by atoms with van der Waals surface area (Å²) < 4.78 is 0. The maximum absolute atomic E-state index is 12.2. The molecule has 1 saturated heterocycles. The minimum absolute atomic E-state index is 0. The standard InChI is InChI=1S/C16H23N3O2.ClH/c1-3-18-15(20)12-6-7-14(11(2)9-12)19-16(21)13-5-4-8-17-10-13;/h6-7,9,13,17H,3-5,8,10H2,1-2H3,(H,18,20)(H,19,21);1H. The van der Waals surface area contributed by atoms with Gasteiger partial charge in [-0.15, -0.1) is 12.4 Å². The highest BCUT2D eigenvalue weighted by Gasteiger charge is 2.21. The molecule has 0 saturated carbocycles. The number of carbonyl (C=O) groups excluding carboxylic acids is 2. The number of halogens is 1. The summed E-state index contributed by atoms with van der Waals surface area (Å²) in [6.07, 6.45) is 1.96. The van der Waals surface area contributed by atoms with Gasteiger partial charge in [-0.05, 0) is 57.0 Å². The predicted molar refractivity (Wildman–Crippen MR) is 90.7 cm³/mol. The molecule has 0 aliphatic carbocycles. The number of benzene rings is 1. The van der Waals surface area contributed by atoms with Gasteiger partial charge in [0, 0.05) is 24.3 Å².